The smallest absolute Gasteiger partial charge is 0.185 e. The number of nitrogens with zero attached hydrogens (tertiary/aromatic N) is 1. The number of benzene rings is 2. The molecule has 0 radical (unpaired) electrons. The summed E-state index contributed by atoms with van der Waals surface area (Å²) in [5, 5.41) is 9.90. The fraction of sp³-hybridized carbons (Fsp3) is 0.125. The summed E-state index contributed by atoms with van der Waals surface area (Å²) in [5.41, 5.74) is 2.13. The van der Waals surface area contributed by atoms with E-state index in [1.54, 1.807) is 30.3 Å². The fourth-order valence-corrected chi connectivity index (χ4v) is 2.52. The molecule has 2 rings (SSSR count). The Bertz CT molecular complexity index is 689. The number of carbonyl (C=O) groups excluding carboxylic acids is 1. The van der Waals surface area contributed by atoms with Crippen LogP contribution in [0.3, 0.4) is 0 Å². The number of Topliss-reactive ketones (excluding diaryl/α,β-unsaturated/α-hetero) is 1. The predicted octanol–water partition coefficient (Wildman–Crippen LogP) is 4.90. The molecule has 2 nitrogen and oxygen atoms in total. The van der Waals surface area contributed by atoms with E-state index in [-0.39, 0.29) is 5.78 Å². The van der Waals surface area contributed by atoms with Gasteiger partial charge in [0, 0.05) is 15.1 Å². The number of rotatable bonds is 3. The van der Waals surface area contributed by atoms with Crippen LogP contribution in [0.4, 0.5) is 0 Å². The van der Waals surface area contributed by atoms with Crippen molar-refractivity contribution in [3.8, 4) is 6.07 Å². The molecule has 20 heavy (non-hydrogen) atoms. The zero-order valence-corrected chi connectivity index (χ0v) is 13.1. The van der Waals surface area contributed by atoms with Crippen molar-refractivity contribution in [1.29, 1.82) is 5.26 Å². The van der Waals surface area contributed by atoms with E-state index in [1.165, 1.54) is 0 Å². The lowest BCUT2D eigenvalue weighted by molar-refractivity contribution is 0.0978. The summed E-state index contributed by atoms with van der Waals surface area (Å²) >= 11 is 9.24. The second-order valence-corrected chi connectivity index (χ2v) is 5.64. The van der Waals surface area contributed by atoms with Crippen molar-refractivity contribution in [3.63, 3.8) is 0 Å². The van der Waals surface area contributed by atoms with Crippen molar-refractivity contribution < 1.29 is 4.79 Å². The molecule has 100 valence electrons. The molecule has 0 aliphatic heterocycles. The molecule has 2 aromatic carbocycles. The molecule has 0 saturated carbocycles. The van der Waals surface area contributed by atoms with Crippen molar-refractivity contribution in [2.24, 2.45) is 0 Å². The summed E-state index contributed by atoms with van der Waals surface area (Å²) < 4.78 is 0.735. The summed E-state index contributed by atoms with van der Waals surface area (Å²) in [6, 6.07) is 14.3. The lowest BCUT2D eigenvalue weighted by Gasteiger charge is -2.11. The first-order chi connectivity index (χ1) is 9.54. The Labute approximate surface area is 131 Å². The molecule has 0 heterocycles. The van der Waals surface area contributed by atoms with Crippen LogP contribution in [0.1, 0.15) is 27.4 Å². The molecule has 0 aromatic heterocycles. The monoisotopic (exact) mass is 347 g/mol. The van der Waals surface area contributed by atoms with Crippen LogP contribution >= 0.6 is 27.5 Å². The summed E-state index contributed by atoms with van der Waals surface area (Å²) in [6.07, 6.45) is 0. The van der Waals surface area contributed by atoms with Crippen LogP contribution < -0.4 is 0 Å². The van der Waals surface area contributed by atoms with Gasteiger partial charge >= 0.3 is 0 Å². The number of carbonyl (C=O) groups is 1. The molecule has 0 spiro atoms. The first kappa shape index (κ1) is 14.8. The van der Waals surface area contributed by atoms with Crippen molar-refractivity contribution >= 4 is 33.3 Å². The van der Waals surface area contributed by atoms with Crippen molar-refractivity contribution in [3.05, 3.63) is 68.7 Å². The molecule has 1 unspecified atom stereocenters. The lowest BCUT2D eigenvalue weighted by atomic mass is 9.91. The van der Waals surface area contributed by atoms with E-state index >= 15 is 0 Å². The molecule has 1 atom stereocenters. The van der Waals surface area contributed by atoms with Gasteiger partial charge in [0.25, 0.3) is 0 Å². The molecule has 2 aromatic rings. The number of ketones is 1. The molecule has 0 N–H and O–H groups in total. The van der Waals surface area contributed by atoms with E-state index in [9.17, 15) is 10.1 Å². The zero-order chi connectivity index (χ0) is 14.7. The maximum absolute atomic E-state index is 12.5. The minimum Gasteiger partial charge on any atom is -0.292 e. The predicted molar refractivity (Wildman–Crippen MR) is 83.0 cm³/mol. The quantitative estimate of drug-likeness (QED) is 0.740. The van der Waals surface area contributed by atoms with Crippen molar-refractivity contribution in [2.75, 3.05) is 0 Å². The van der Waals surface area contributed by atoms with Crippen LogP contribution in [0.25, 0.3) is 0 Å². The van der Waals surface area contributed by atoms with Gasteiger partial charge in [-0.15, -0.1) is 0 Å². The third-order valence-electron chi connectivity index (χ3n) is 3.05. The summed E-state index contributed by atoms with van der Waals surface area (Å²) in [6.45, 7) is 1.91. The molecular formula is C16H11BrClNO. The standard InChI is InChI=1S/C16H11BrClNO/c1-10-3-2-4-13(15(10)17)16(20)14(9-19)11-5-7-12(18)8-6-11/h2-8,14H,1H3. The minimum atomic E-state index is -0.828. The van der Waals surface area contributed by atoms with Gasteiger partial charge < -0.3 is 0 Å². The minimum absolute atomic E-state index is 0.217. The summed E-state index contributed by atoms with van der Waals surface area (Å²) in [7, 11) is 0. The maximum atomic E-state index is 12.5. The van der Waals surface area contributed by atoms with Gasteiger partial charge in [0.2, 0.25) is 0 Å². The Morgan fingerprint density at radius 3 is 2.50 bits per heavy atom. The van der Waals surface area contributed by atoms with E-state index in [2.05, 4.69) is 22.0 Å². The fourth-order valence-electron chi connectivity index (χ4n) is 1.93. The SMILES string of the molecule is Cc1cccc(C(=O)C(C#N)c2ccc(Cl)cc2)c1Br. The number of halogens is 2. The van der Waals surface area contributed by atoms with Gasteiger partial charge in [-0.05, 0) is 46.1 Å². The lowest BCUT2D eigenvalue weighted by Crippen LogP contribution is -2.12. The van der Waals surface area contributed by atoms with Crippen LogP contribution in [0, 0.1) is 18.3 Å². The number of hydrogen-bond acceptors (Lipinski definition) is 2. The highest BCUT2D eigenvalue weighted by molar-refractivity contribution is 9.10. The number of hydrogen-bond donors (Lipinski definition) is 0. The van der Waals surface area contributed by atoms with Crippen LogP contribution in [0.15, 0.2) is 46.9 Å². The van der Waals surface area contributed by atoms with E-state index < -0.39 is 5.92 Å². The third-order valence-corrected chi connectivity index (χ3v) is 4.36. The van der Waals surface area contributed by atoms with E-state index in [0.29, 0.717) is 16.1 Å². The Kier molecular flexibility index (Phi) is 4.59. The molecule has 0 saturated heterocycles. The Morgan fingerprint density at radius 2 is 1.90 bits per heavy atom. The zero-order valence-electron chi connectivity index (χ0n) is 10.7. The molecular weight excluding hydrogens is 338 g/mol. The van der Waals surface area contributed by atoms with E-state index in [0.717, 1.165) is 10.0 Å². The molecule has 0 aliphatic rings. The molecule has 0 amide bonds. The first-order valence-electron chi connectivity index (χ1n) is 5.99. The Hall–Kier alpha value is -1.63. The third kappa shape index (κ3) is 2.92. The average Bonchev–Trinajstić information content (AvgIpc) is 2.44. The van der Waals surface area contributed by atoms with Gasteiger partial charge in [-0.2, -0.15) is 5.26 Å². The Balaban J connectivity index is 2.42. The first-order valence-corrected chi connectivity index (χ1v) is 7.16. The average molecular weight is 349 g/mol. The number of nitriles is 1. The van der Waals surface area contributed by atoms with Gasteiger partial charge in [0.1, 0.15) is 5.92 Å². The second-order valence-electron chi connectivity index (χ2n) is 4.41. The van der Waals surface area contributed by atoms with Crippen LogP contribution in [-0.2, 0) is 0 Å². The second kappa shape index (κ2) is 6.21. The molecule has 0 fully saturated rings. The summed E-state index contributed by atoms with van der Waals surface area (Å²) in [4.78, 5) is 12.5. The molecule has 0 bridgehead atoms. The largest absolute Gasteiger partial charge is 0.292 e. The van der Waals surface area contributed by atoms with Crippen LogP contribution in [0.2, 0.25) is 5.02 Å². The van der Waals surface area contributed by atoms with Crippen molar-refractivity contribution in [2.45, 2.75) is 12.8 Å². The molecule has 0 aliphatic carbocycles. The van der Waals surface area contributed by atoms with Crippen LogP contribution in [-0.4, -0.2) is 5.78 Å². The Morgan fingerprint density at radius 1 is 1.25 bits per heavy atom. The van der Waals surface area contributed by atoms with Gasteiger partial charge in [-0.3, -0.25) is 4.79 Å². The van der Waals surface area contributed by atoms with Gasteiger partial charge in [0.05, 0.1) is 6.07 Å². The van der Waals surface area contributed by atoms with Crippen molar-refractivity contribution in [1.82, 2.24) is 0 Å². The van der Waals surface area contributed by atoms with Crippen LogP contribution in [0.5, 0.6) is 0 Å². The van der Waals surface area contributed by atoms with Gasteiger partial charge in [0.15, 0.2) is 5.78 Å². The topological polar surface area (TPSA) is 40.9 Å². The van der Waals surface area contributed by atoms with E-state index in [4.69, 9.17) is 11.6 Å². The maximum Gasteiger partial charge on any atom is 0.185 e. The normalized spacial score (nSPS) is 11.7. The highest BCUT2D eigenvalue weighted by atomic mass is 79.9. The van der Waals surface area contributed by atoms with E-state index in [1.807, 2.05) is 19.1 Å². The molecule has 4 heteroatoms. The van der Waals surface area contributed by atoms with Gasteiger partial charge in [-0.25, -0.2) is 0 Å². The summed E-state index contributed by atoms with van der Waals surface area (Å²) in [5.74, 6) is -1.05. The number of aryl methyl sites for hydroxylation is 1. The highest BCUT2D eigenvalue weighted by Crippen LogP contribution is 2.28. The van der Waals surface area contributed by atoms with Gasteiger partial charge in [-0.1, -0.05) is 41.9 Å². The highest BCUT2D eigenvalue weighted by Gasteiger charge is 2.23.